The summed E-state index contributed by atoms with van der Waals surface area (Å²) >= 11 is 6.18. The Kier molecular flexibility index (Phi) is 5.56. The van der Waals surface area contributed by atoms with Gasteiger partial charge in [0.25, 0.3) is 0 Å². The van der Waals surface area contributed by atoms with Crippen molar-refractivity contribution >= 4 is 29.2 Å². The first kappa shape index (κ1) is 19.4. The number of anilines is 1. The molecule has 1 aliphatic heterocycles. The molecule has 0 radical (unpaired) electrons. The summed E-state index contributed by atoms with van der Waals surface area (Å²) in [5.41, 5.74) is 1.91. The minimum absolute atomic E-state index is 0.0792. The van der Waals surface area contributed by atoms with E-state index in [2.05, 4.69) is 20.8 Å². The molecule has 0 N–H and O–H groups in total. The lowest BCUT2D eigenvalue weighted by molar-refractivity contribution is -0.139. The van der Waals surface area contributed by atoms with E-state index in [4.69, 9.17) is 16.3 Å². The summed E-state index contributed by atoms with van der Waals surface area (Å²) in [4.78, 5) is 26.4. The second kappa shape index (κ2) is 7.73. The van der Waals surface area contributed by atoms with Crippen molar-refractivity contribution in [3.05, 3.63) is 59.1 Å². The first-order valence-corrected chi connectivity index (χ1v) is 9.56. The summed E-state index contributed by atoms with van der Waals surface area (Å²) in [6.45, 7) is 6.79. The molecule has 1 atom stereocenters. The van der Waals surface area contributed by atoms with Gasteiger partial charge in [-0.15, -0.1) is 0 Å². The Bertz CT molecular complexity index is 845. The van der Waals surface area contributed by atoms with Gasteiger partial charge in [0.15, 0.2) is 0 Å². The predicted molar refractivity (Wildman–Crippen MR) is 107 cm³/mol. The van der Waals surface area contributed by atoms with Crippen molar-refractivity contribution in [3.8, 4) is 5.75 Å². The SMILES string of the molecule is CCC(C)(C)c1ccc(OC(=O)[C@@H]2CC(=O)N(c3ccccc3Cl)C2)cc1. The highest BCUT2D eigenvalue weighted by Crippen LogP contribution is 2.32. The number of ether oxygens (including phenoxy) is 1. The van der Waals surface area contributed by atoms with E-state index in [1.807, 2.05) is 36.4 Å². The van der Waals surface area contributed by atoms with E-state index in [1.165, 1.54) is 5.56 Å². The van der Waals surface area contributed by atoms with Crippen LogP contribution in [0.2, 0.25) is 5.02 Å². The molecule has 3 rings (SSSR count). The van der Waals surface area contributed by atoms with Crippen LogP contribution < -0.4 is 9.64 Å². The molecule has 1 saturated heterocycles. The lowest BCUT2D eigenvalue weighted by Gasteiger charge is -2.23. The number of hydrogen-bond acceptors (Lipinski definition) is 3. The molecular weight excluding hydrogens is 362 g/mol. The number of carbonyl (C=O) groups excluding carboxylic acids is 2. The normalized spacial score (nSPS) is 17.3. The van der Waals surface area contributed by atoms with Crippen LogP contribution in [0.3, 0.4) is 0 Å². The van der Waals surface area contributed by atoms with Gasteiger partial charge in [0.05, 0.1) is 16.6 Å². The summed E-state index contributed by atoms with van der Waals surface area (Å²) in [6, 6.07) is 14.7. The predicted octanol–water partition coefficient (Wildman–Crippen LogP) is 4.99. The molecule has 142 valence electrons. The third kappa shape index (κ3) is 4.16. The van der Waals surface area contributed by atoms with Gasteiger partial charge in [-0.2, -0.15) is 0 Å². The van der Waals surface area contributed by atoms with E-state index in [1.54, 1.807) is 17.0 Å². The Morgan fingerprint density at radius 3 is 2.48 bits per heavy atom. The quantitative estimate of drug-likeness (QED) is 0.538. The number of para-hydroxylation sites is 1. The Morgan fingerprint density at radius 2 is 1.85 bits per heavy atom. The molecule has 1 amide bonds. The monoisotopic (exact) mass is 385 g/mol. The van der Waals surface area contributed by atoms with E-state index >= 15 is 0 Å². The average Bonchev–Trinajstić information content (AvgIpc) is 3.04. The number of hydrogen-bond donors (Lipinski definition) is 0. The molecule has 2 aromatic carbocycles. The van der Waals surface area contributed by atoms with Crippen LogP contribution >= 0.6 is 11.6 Å². The second-order valence-corrected chi connectivity index (χ2v) is 7.95. The zero-order valence-electron chi connectivity index (χ0n) is 15.9. The molecule has 2 aromatic rings. The molecule has 27 heavy (non-hydrogen) atoms. The highest BCUT2D eigenvalue weighted by Gasteiger charge is 2.37. The maximum Gasteiger partial charge on any atom is 0.316 e. The fourth-order valence-corrected chi connectivity index (χ4v) is 3.38. The molecule has 0 saturated carbocycles. The topological polar surface area (TPSA) is 46.6 Å². The highest BCUT2D eigenvalue weighted by atomic mass is 35.5. The second-order valence-electron chi connectivity index (χ2n) is 7.54. The standard InChI is InChI=1S/C22H24ClNO3/c1-4-22(2,3)16-9-11-17(12-10-16)27-21(26)15-13-20(25)24(14-15)19-8-6-5-7-18(19)23/h5-12,15H,4,13-14H2,1-3H3/t15-/m1/s1. The van der Waals surface area contributed by atoms with Crippen LogP contribution in [0.1, 0.15) is 39.2 Å². The van der Waals surface area contributed by atoms with E-state index < -0.39 is 5.92 Å². The zero-order chi connectivity index (χ0) is 19.6. The summed E-state index contributed by atoms with van der Waals surface area (Å²) in [6.07, 6.45) is 1.15. The van der Waals surface area contributed by atoms with Crippen molar-refractivity contribution < 1.29 is 14.3 Å². The number of nitrogens with zero attached hydrogens (tertiary/aromatic N) is 1. The number of carbonyl (C=O) groups is 2. The van der Waals surface area contributed by atoms with E-state index in [0.717, 1.165) is 6.42 Å². The molecule has 1 aliphatic rings. The third-order valence-electron chi connectivity index (χ3n) is 5.34. The molecule has 1 fully saturated rings. The number of esters is 1. The van der Waals surface area contributed by atoms with Crippen molar-refractivity contribution in [2.24, 2.45) is 5.92 Å². The molecule has 1 heterocycles. The molecule has 0 unspecified atom stereocenters. The van der Waals surface area contributed by atoms with Crippen LogP contribution in [0, 0.1) is 5.92 Å². The number of rotatable bonds is 5. The van der Waals surface area contributed by atoms with Crippen molar-refractivity contribution in [1.82, 2.24) is 0 Å². The van der Waals surface area contributed by atoms with Crippen molar-refractivity contribution in [2.45, 2.75) is 39.0 Å². The fourth-order valence-electron chi connectivity index (χ4n) is 3.15. The maximum absolute atomic E-state index is 12.5. The van der Waals surface area contributed by atoms with Crippen LogP contribution in [-0.2, 0) is 15.0 Å². The third-order valence-corrected chi connectivity index (χ3v) is 5.66. The summed E-state index contributed by atoms with van der Waals surface area (Å²) in [5, 5.41) is 0.494. The van der Waals surface area contributed by atoms with Crippen LogP contribution in [0.4, 0.5) is 5.69 Å². The van der Waals surface area contributed by atoms with Gasteiger partial charge < -0.3 is 9.64 Å². The van der Waals surface area contributed by atoms with Crippen molar-refractivity contribution in [1.29, 1.82) is 0 Å². The minimum atomic E-state index is -0.500. The Balaban J connectivity index is 1.67. The van der Waals surface area contributed by atoms with Gasteiger partial charge in [-0.3, -0.25) is 9.59 Å². The first-order chi connectivity index (χ1) is 12.8. The Morgan fingerprint density at radius 1 is 1.19 bits per heavy atom. The minimum Gasteiger partial charge on any atom is -0.426 e. The fraction of sp³-hybridized carbons (Fsp3) is 0.364. The highest BCUT2D eigenvalue weighted by molar-refractivity contribution is 6.33. The Hall–Kier alpha value is -2.33. The van der Waals surface area contributed by atoms with Gasteiger partial charge in [-0.1, -0.05) is 56.6 Å². The van der Waals surface area contributed by atoms with E-state index in [-0.39, 0.29) is 30.3 Å². The number of benzene rings is 2. The molecule has 4 nitrogen and oxygen atoms in total. The summed E-state index contributed by atoms with van der Waals surface area (Å²) in [7, 11) is 0. The molecule has 0 spiro atoms. The van der Waals surface area contributed by atoms with E-state index in [9.17, 15) is 9.59 Å². The molecule has 0 bridgehead atoms. The van der Waals surface area contributed by atoms with Crippen LogP contribution in [-0.4, -0.2) is 18.4 Å². The first-order valence-electron chi connectivity index (χ1n) is 9.19. The van der Waals surface area contributed by atoms with Gasteiger partial charge >= 0.3 is 5.97 Å². The van der Waals surface area contributed by atoms with Crippen molar-refractivity contribution in [3.63, 3.8) is 0 Å². The zero-order valence-corrected chi connectivity index (χ0v) is 16.6. The van der Waals surface area contributed by atoms with E-state index in [0.29, 0.717) is 16.5 Å². The Labute approximate surface area is 165 Å². The van der Waals surface area contributed by atoms with Crippen LogP contribution in [0.15, 0.2) is 48.5 Å². The van der Waals surface area contributed by atoms with Gasteiger partial charge in [-0.05, 0) is 41.7 Å². The molecule has 0 aromatic heterocycles. The average molecular weight is 386 g/mol. The molecule has 0 aliphatic carbocycles. The summed E-state index contributed by atoms with van der Waals surface area (Å²) in [5.74, 6) is -0.509. The largest absolute Gasteiger partial charge is 0.426 e. The number of amides is 1. The van der Waals surface area contributed by atoms with Gasteiger partial charge in [0, 0.05) is 13.0 Å². The van der Waals surface area contributed by atoms with Crippen LogP contribution in [0.5, 0.6) is 5.75 Å². The van der Waals surface area contributed by atoms with Gasteiger partial charge in [0.1, 0.15) is 5.75 Å². The smallest absolute Gasteiger partial charge is 0.316 e. The lowest BCUT2D eigenvalue weighted by Crippen LogP contribution is -2.27. The van der Waals surface area contributed by atoms with Gasteiger partial charge in [-0.25, -0.2) is 0 Å². The number of halogens is 1. The van der Waals surface area contributed by atoms with Gasteiger partial charge in [0.2, 0.25) is 5.91 Å². The molecule has 5 heteroatoms. The summed E-state index contributed by atoms with van der Waals surface area (Å²) < 4.78 is 5.51. The van der Waals surface area contributed by atoms with Crippen LogP contribution in [0.25, 0.3) is 0 Å². The van der Waals surface area contributed by atoms with Crippen molar-refractivity contribution in [2.75, 3.05) is 11.4 Å². The maximum atomic E-state index is 12.5. The lowest BCUT2D eigenvalue weighted by atomic mass is 9.82. The molecular formula is C22H24ClNO3.